The zero-order chi connectivity index (χ0) is 19.8. The van der Waals surface area contributed by atoms with E-state index in [1.165, 1.54) is 12.1 Å². The lowest BCUT2D eigenvalue weighted by Gasteiger charge is -2.20. The van der Waals surface area contributed by atoms with Gasteiger partial charge in [0.05, 0.1) is 13.7 Å². The number of rotatable bonds is 7. The van der Waals surface area contributed by atoms with Crippen molar-refractivity contribution in [2.45, 2.75) is 19.9 Å². The molecule has 2 aromatic carbocycles. The normalized spacial score (nSPS) is 16.9. The van der Waals surface area contributed by atoms with Crippen molar-refractivity contribution in [1.82, 2.24) is 10.6 Å². The van der Waals surface area contributed by atoms with Crippen LogP contribution in [-0.4, -0.2) is 39.2 Å². The summed E-state index contributed by atoms with van der Waals surface area (Å²) in [5, 5.41) is 7.58. The molecular formula is C22H29ClN4O. The summed E-state index contributed by atoms with van der Waals surface area (Å²) in [7, 11) is 1.71. The van der Waals surface area contributed by atoms with Gasteiger partial charge in [0.1, 0.15) is 5.75 Å². The molecule has 6 heteroatoms. The topological polar surface area (TPSA) is 48.9 Å². The van der Waals surface area contributed by atoms with Crippen molar-refractivity contribution in [2.24, 2.45) is 10.9 Å². The number of methoxy groups -OCH3 is 1. The van der Waals surface area contributed by atoms with Crippen LogP contribution in [-0.2, 0) is 6.54 Å². The summed E-state index contributed by atoms with van der Waals surface area (Å²) in [6.07, 6.45) is 1.17. The number of aliphatic imine (C=N–C) groups is 1. The lowest BCUT2D eigenvalue weighted by molar-refractivity contribution is 0.415. The summed E-state index contributed by atoms with van der Waals surface area (Å²) >= 11 is 5.95. The predicted molar refractivity (Wildman–Crippen MR) is 118 cm³/mol. The van der Waals surface area contributed by atoms with Crippen LogP contribution < -0.4 is 20.3 Å². The molecule has 150 valence electrons. The van der Waals surface area contributed by atoms with E-state index in [1.54, 1.807) is 7.11 Å². The number of halogens is 1. The van der Waals surface area contributed by atoms with Gasteiger partial charge in [-0.3, -0.25) is 0 Å². The molecule has 1 saturated heterocycles. The molecule has 0 bridgehead atoms. The summed E-state index contributed by atoms with van der Waals surface area (Å²) in [4.78, 5) is 7.12. The third-order valence-corrected chi connectivity index (χ3v) is 5.19. The number of benzene rings is 2. The van der Waals surface area contributed by atoms with Crippen molar-refractivity contribution in [1.29, 1.82) is 0 Å². The van der Waals surface area contributed by atoms with E-state index in [9.17, 15) is 0 Å². The Hall–Kier alpha value is -2.40. The Kier molecular flexibility index (Phi) is 7.43. The molecule has 3 rings (SSSR count). The number of guanidine groups is 1. The highest BCUT2D eigenvalue weighted by atomic mass is 35.5. The van der Waals surface area contributed by atoms with E-state index in [2.05, 4.69) is 34.6 Å². The van der Waals surface area contributed by atoms with Crippen LogP contribution in [0.4, 0.5) is 5.69 Å². The first-order chi connectivity index (χ1) is 13.7. The van der Waals surface area contributed by atoms with Gasteiger partial charge in [-0.25, -0.2) is 4.99 Å². The second-order valence-corrected chi connectivity index (χ2v) is 7.44. The summed E-state index contributed by atoms with van der Waals surface area (Å²) in [5.74, 6) is 2.35. The van der Waals surface area contributed by atoms with Crippen LogP contribution in [0.15, 0.2) is 53.5 Å². The highest BCUT2D eigenvalue weighted by molar-refractivity contribution is 6.30. The Morgan fingerprint density at radius 3 is 2.79 bits per heavy atom. The molecule has 0 saturated carbocycles. The van der Waals surface area contributed by atoms with Gasteiger partial charge < -0.3 is 20.3 Å². The highest BCUT2D eigenvalue weighted by Gasteiger charge is 2.23. The van der Waals surface area contributed by atoms with Crippen molar-refractivity contribution in [3.05, 3.63) is 59.1 Å². The van der Waals surface area contributed by atoms with Crippen LogP contribution >= 0.6 is 11.6 Å². The first-order valence-corrected chi connectivity index (χ1v) is 10.2. The molecular weight excluding hydrogens is 372 g/mol. The monoisotopic (exact) mass is 400 g/mol. The zero-order valence-electron chi connectivity index (χ0n) is 16.6. The molecule has 1 atom stereocenters. The minimum atomic E-state index is 0.589. The maximum Gasteiger partial charge on any atom is 0.191 e. The summed E-state index contributed by atoms with van der Waals surface area (Å²) in [6, 6.07) is 16.1. The van der Waals surface area contributed by atoms with Gasteiger partial charge in [0.2, 0.25) is 0 Å². The van der Waals surface area contributed by atoms with Crippen LogP contribution in [0.5, 0.6) is 5.75 Å². The Balaban J connectivity index is 1.52. The van der Waals surface area contributed by atoms with Crippen molar-refractivity contribution >= 4 is 23.2 Å². The predicted octanol–water partition coefficient (Wildman–Crippen LogP) is 3.93. The van der Waals surface area contributed by atoms with E-state index in [-0.39, 0.29) is 0 Å². The second kappa shape index (κ2) is 10.2. The first-order valence-electron chi connectivity index (χ1n) is 9.83. The second-order valence-electron chi connectivity index (χ2n) is 7.00. The molecule has 1 aliphatic rings. The maximum absolute atomic E-state index is 5.95. The van der Waals surface area contributed by atoms with Crippen LogP contribution in [0, 0.1) is 5.92 Å². The molecule has 1 aliphatic heterocycles. The Morgan fingerprint density at radius 2 is 2.04 bits per heavy atom. The highest BCUT2D eigenvalue weighted by Crippen LogP contribution is 2.26. The molecule has 5 nitrogen and oxygen atoms in total. The molecule has 1 fully saturated rings. The SMILES string of the molecule is CCNC(=NCc1ccc(Cl)cc1)NCC1CCN(c2cccc(OC)c2)C1. The maximum atomic E-state index is 5.95. The van der Waals surface area contributed by atoms with Gasteiger partial charge in [-0.15, -0.1) is 0 Å². The fraction of sp³-hybridized carbons (Fsp3) is 0.409. The first kappa shape index (κ1) is 20.3. The van der Waals surface area contributed by atoms with Gasteiger partial charge in [0.15, 0.2) is 5.96 Å². The molecule has 0 aromatic heterocycles. The molecule has 2 aromatic rings. The van der Waals surface area contributed by atoms with E-state index in [1.807, 2.05) is 36.4 Å². The lowest BCUT2D eigenvalue weighted by Crippen LogP contribution is -2.40. The largest absolute Gasteiger partial charge is 0.497 e. The number of nitrogens with zero attached hydrogens (tertiary/aromatic N) is 2. The minimum Gasteiger partial charge on any atom is -0.497 e. The number of hydrogen-bond acceptors (Lipinski definition) is 3. The van der Waals surface area contributed by atoms with Crippen molar-refractivity contribution in [3.8, 4) is 5.75 Å². The lowest BCUT2D eigenvalue weighted by atomic mass is 10.1. The quantitative estimate of drug-likeness (QED) is 0.546. The molecule has 0 aliphatic carbocycles. The summed E-state index contributed by atoms with van der Waals surface area (Å²) in [6.45, 7) is 6.57. The van der Waals surface area contributed by atoms with Gasteiger partial charge in [-0.2, -0.15) is 0 Å². The number of nitrogens with one attached hydrogen (secondary N) is 2. The summed E-state index contributed by atoms with van der Waals surface area (Å²) in [5.41, 5.74) is 2.37. The Bertz CT molecular complexity index is 778. The van der Waals surface area contributed by atoms with E-state index in [0.717, 1.165) is 48.5 Å². The molecule has 0 spiro atoms. The third-order valence-electron chi connectivity index (χ3n) is 4.94. The van der Waals surface area contributed by atoms with Gasteiger partial charge in [-0.05, 0) is 49.1 Å². The Labute approximate surface area is 172 Å². The minimum absolute atomic E-state index is 0.589. The Morgan fingerprint density at radius 1 is 1.21 bits per heavy atom. The average Bonchev–Trinajstić information content (AvgIpc) is 3.20. The van der Waals surface area contributed by atoms with Crippen LogP contribution in [0.25, 0.3) is 0 Å². The van der Waals surface area contributed by atoms with Crippen molar-refractivity contribution in [2.75, 3.05) is 38.2 Å². The van der Waals surface area contributed by atoms with Crippen molar-refractivity contribution in [3.63, 3.8) is 0 Å². The molecule has 0 radical (unpaired) electrons. The third kappa shape index (κ3) is 5.80. The van der Waals surface area contributed by atoms with E-state index >= 15 is 0 Å². The fourth-order valence-corrected chi connectivity index (χ4v) is 3.51. The fourth-order valence-electron chi connectivity index (χ4n) is 3.38. The van der Waals surface area contributed by atoms with Crippen LogP contribution in [0.3, 0.4) is 0 Å². The van der Waals surface area contributed by atoms with Crippen molar-refractivity contribution < 1.29 is 4.74 Å². The number of anilines is 1. The average molecular weight is 401 g/mol. The van der Waals surface area contributed by atoms with Gasteiger partial charge >= 0.3 is 0 Å². The number of hydrogen-bond donors (Lipinski definition) is 2. The molecule has 1 heterocycles. The van der Waals surface area contributed by atoms with E-state index in [0.29, 0.717) is 12.5 Å². The molecule has 2 N–H and O–H groups in total. The van der Waals surface area contributed by atoms with E-state index < -0.39 is 0 Å². The van der Waals surface area contributed by atoms with Gasteiger partial charge in [0, 0.05) is 43.0 Å². The van der Waals surface area contributed by atoms with Crippen LogP contribution in [0.2, 0.25) is 5.02 Å². The molecule has 0 amide bonds. The van der Waals surface area contributed by atoms with Gasteiger partial charge in [-0.1, -0.05) is 29.8 Å². The van der Waals surface area contributed by atoms with Crippen LogP contribution in [0.1, 0.15) is 18.9 Å². The molecule has 1 unspecified atom stereocenters. The standard InChI is InChI=1S/C22H29ClN4O/c1-3-24-22(25-14-17-7-9-19(23)10-8-17)26-15-18-11-12-27(16-18)20-5-4-6-21(13-20)28-2/h4-10,13,18H,3,11-12,14-16H2,1-2H3,(H2,24,25,26). The molecule has 28 heavy (non-hydrogen) atoms. The zero-order valence-corrected chi connectivity index (χ0v) is 17.4. The summed E-state index contributed by atoms with van der Waals surface area (Å²) < 4.78 is 5.35. The smallest absolute Gasteiger partial charge is 0.191 e. The van der Waals surface area contributed by atoms with Gasteiger partial charge in [0.25, 0.3) is 0 Å². The number of ether oxygens (including phenoxy) is 1. The van der Waals surface area contributed by atoms with E-state index in [4.69, 9.17) is 21.3 Å².